The summed E-state index contributed by atoms with van der Waals surface area (Å²) in [7, 11) is 0. The maximum Gasteiger partial charge on any atom is 0.289 e. The van der Waals surface area contributed by atoms with E-state index in [1.807, 2.05) is 23.1 Å². The average molecular weight is 285 g/mol. The Hall–Kier alpha value is -2.28. The summed E-state index contributed by atoms with van der Waals surface area (Å²) in [4.78, 5) is 15.2. The van der Waals surface area contributed by atoms with Crippen molar-refractivity contribution in [2.45, 2.75) is 19.4 Å². The van der Waals surface area contributed by atoms with Crippen LogP contribution in [-0.2, 0) is 6.42 Å². The van der Waals surface area contributed by atoms with E-state index in [0.717, 1.165) is 12.1 Å². The number of hydrogen-bond acceptors (Lipinski definition) is 5. The molecule has 100 valence electrons. The second-order valence-corrected chi connectivity index (χ2v) is 5.78. The summed E-state index contributed by atoms with van der Waals surface area (Å²) in [6.45, 7) is 2.05. The lowest BCUT2D eigenvalue weighted by molar-refractivity contribution is 0.0980. The third kappa shape index (κ3) is 1.56. The fraction of sp³-hybridized carbons (Fsp3) is 0.231. The van der Waals surface area contributed by atoms with Crippen LogP contribution in [0.3, 0.4) is 0 Å². The Bertz CT molecular complexity index is 779. The van der Waals surface area contributed by atoms with Crippen LogP contribution in [-0.4, -0.2) is 31.8 Å². The van der Waals surface area contributed by atoms with Crippen molar-refractivity contribution in [3.05, 3.63) is 41.2 Å². The van der Waals surface area contributed by atoms with Gasteiger partial charge in [-0.25, -0.2) is 0 Å². The number of carbonyl (C=O) groups excluding carboxylic acids is 1. The van der Waals surface area contributed by atoms with Crippen LogP contribution in [0.1, 0.15) is 22.3 Å². The topological polar surface area (TPSA) is 63.4 Å². The molecule has 3 aromatic rings. The maximum atomic E-state index is 12.7. The number of nitrogens with zero attached hydrogens (tertiary/aromatic N) is 5. The van der Waals surface area contributed by atoms with Crippen LogP contribution in [0.2, 0.25) is 0 Å². The molecule has 1 unspecified atom stereocenters. The van der Waals surface area contributed by atoms with E-state index in [-0.39, 0.29) is 11.9 Å². The van der Waals surface area contributed by atoms with Gasteiger partial charge in [-0.15, -0.1) is 15.3 Å². The molecule has 6 nitrogen and oxygen atoms in total. The first-order valence-corrected chi connectivity index (χ1v) is 7.14. The molecule has 0 N–H and O–H groups in total. The third-order valence-corrected chi connectivity index (χ3v) is 4.40. The zero-order chi connectivity index (χ0) is 13.7. The monoisotopic (exact) mass is 285 g/mol. The van der Waals surface area contributed by atoms with Gasteiger partial charge in [0, 0.05) is 11.7 Å². The number of rotatable bonds is 1. The lowest BCUT2D eigenvalue weighted by atomic mass is 10.1. The highest BCUT2D eigenvalue weighted by molar-refractivity contribution is 7.18. The Labute approximate surface area is 118 Å². The van der Waals surface area contributed by atoms with Gasteiger partial charge in [-0.1, -0.05) is 29.5 Å². The molecule has 1 amide bonds. The number of carbonyl (C=O) groups is 1. The molecule has 0 saturated carbocycles. The lowest BCUT2D eigenvalue weighted by Crippen LogP contribution is -2.35. The van der Waals surface area contributed by atoms with Gasteiger partial charge in [-0.3, -0.25) is 4.79 Å². The van der Waals surface area contributed by atoms with Crippen LogP contribution in [0.15, 0.2) is 30.6 Å². The highest BCUT2D eigenvalue weighted by Gasteiger charge is 2.33. The van der Waals surface area contributed by atoms with E-state index < -0.39 is 0 Å². The minimum absolute atomic E-state index is 0.0713. The molecule has 0 aliphatic carbocycles. The molecule has 2 aromatic heterocycles. The summed E-state index contributed by atoms with van der Waals surface area (Å²) in [5.74, 6) is -0.0713. The molecular formula is C13H11N5OS. The molecule has 0 saturated heterocycles. The van der Waals surface area contributed by atoms with Crippen molar-refractivity contribution in [3.63, 3.8) is 0 Å². The average Bonchev–Trinajstić information content (AvgIpc) is 3.08. The van der Waals surface area contributed by atoms with Crippen molar-refractivity contribution in [3.8, 4) is 0 Å². The number of fused-ring (bicyclic) bond motifs is 2. The summed E-state index contributed by atoms with van der Waals surface area (Å²) in [6, 6.07) is 8.15. The van der Waals surface area contributed by atoms with Crippen LogP contribution < -0.4 is 4.90 Å². The molecular weight excluding hydrogens is 274 g/mol. The van der Waals surface area contributed by atoms with Crippen LogP contribution in [0, 0.1) is 0 Å². The fourth-order valence-electron chi connectivity index (χ4n) is 2.62. The molecule has 1 aliphatic heterocycles. The first kappa shape index (κ1) is 11.5. The van der Waals surface area contributed by atoms with Gasteiger partial charge in [0.05, 0.1) is 0 Å². The van der Waals surface area contributed by atoms with E-state index in [4.69, 9.17) is 0 Å². The number of aromatic nitrogens is 4. The van der Waals surface area contributed by atoms with Gasteiger partial charge in [0.25, 0.3) is 5.91 Å². The SMILES string of the molecule is CC1Cc2ccccc2N1C(=O)c1nn2cnnc2s1. The Kier molecular flexibility index (Phi) is 2.37. The summed E-state index contributed by atoms with van der Waals surface area (Å²) in [5, 5.41) is 12.3. The Morgan fingerprint density at radius 3 is 3.10 bits per heavy atom. The zero-order valence-corrected chi connectivity index (χ0v) is 11.5. The second-order valence-electron chi connectivity index (χ2n) is 4.82. The Morgan fingerprint density at radius 2 is 2.25 bits per heavy atom. The summed E-state index contributed by atoms with van der Waals surface area (Å²) in [6.07, 6.45) is 2.38. The van der Waals surface area contributed by atoms with Gasteiger partial charge >= 0.3 is 0 Å². The Morgan fingerprint density at radius 1 is 1.40 bits per heavy atom. The molecule has 7 heteroatoms. The predicted molar refractivity (Wildman–Crippen MR) is 75.1 cm³/mol. The normalized spacial score (nSPS) is 17.6. The quantitative estimate of drug-likeness (QED) is 0.683. The molecule has 1 atom stereocenters. The number of amides is 1. The molecule has 0 fully saturated rings. The van der Waals surface area contributed by atoms with E-state index in [9.17, 15) is 4.79 Å². The maximum absolute atomic E-state index is 12.7. The number of anilines is 1. The minimum atomic E-state index is -0.0713. The van der Waals surface area contributed by atoms with Crippen molar-refractivity contribution < 1.29 is 4.79 Å². The van der Waals surface area contributed by atoms with Crippen molar-refractivity contribution >= 4 is 27.9 Å². The van der Waals surface area contributed by atoms with E-state index in [0.29, 0.717) is 9.97 Å². The van der Waals surface area contributed by atoms with Crippen molar-refractivity contribution in [1.82, 2.24) is 19.8 Å². The molecule has 0 bridgehead atoms. The molecule has 4 rings (SSSR count). The largest absolute Gasteiger partial charge is 0.303 e. The number of hydrogen-bond donors (Lipinski definition) is 0. The molecule has 1 aliphatic rings. The van der Waals surface area contributed by atoms with E-state index in [2.05, 4.69) is 28.3 Å². The van der Waals surface area contributed by atoms with Gasteiger partial charge in [-0.05, 0) is 25.0 Å². The van der Waals surface area contributed by atoms with E-state index >= 15 is 0 Å². The van der Waals surface area contributed by atoms with Gasteiger partial charge in [0.1, 0.15) is 6.33 Å². The van der Waals surface area contributed by atoms with Gasteiger partial charge in [0.2, 0.25) is 9.97 Å². The standard InChI is InChI=1S/C13H11N5OS/c1-8-6-9-4-2-3-5-10(9)18(8)12(19)11-16-17-7-14-15-13(17)20-11/h2-5,7-8H,6H2,1H3. The van der Waals surface area contributed by atoms with Crippen molar-refractivity contribution in [2.75, 3.05) is 4.90 Å². The molecule has 1 aromatic carbocycles. The fourth-order valence-corrected chi connectivity index (χ4v) is 3.38. The molecule has 0 spiro atoms. The molecule has 0 radical (unpaired) electrons. The lowest BCUT2D eigenvalue weighted by Gasteiger charge is -2.21. The highest BCUT2D eigenvalue weighted by Crippen LogP contribution is 2.33. The third-order valence-electron chi connectivity index (χ3n) is 3.50. The van der Waals surface area contributed by atoms with Crippen LogP contribution in [0.5, 0.6) is 0 Å². The van der Waals surface area contributed by atoms with Crippen LogP contribution >= 0.6 is 11.3 Å². The van der Waals surface area contributed by atoms with Crippen LogP contribution in [0.4, 0.5) is 5.69 Å². The zero-order valence-electron chi connectivity index (χ0n) is 10.7. The van der Waals surface area contributed by atoms with Gasteiger partial charge in [-0.2, -0.15) is 4.52 Å². The van der Waals surface area contributed by atoms with Crippen molar-refractivity contribution in [2.24, 2.45) is 0 Å². The summed E-state index contributed by atoms with van der Waals surface area (Å²) < 4.78 is 1.53. The van der Waals surface area contributed by atoms with Crippen molar-refractivity contribution in [1.29, 1.82) is 0 Å². The number of para-hydroxylation sites is 1. The molecule has 3 heterocycles. The highest BCUT2D eigenvalue weighted by atomic mass is 32.1. The van der Waals surface area contributed by atoms with E-state index in [1.165, 1.54) is 27.7 Å². The first-order chi connectivity index (χ1) is 9.74. The summed E-state index contributed by atoms with van der Waals surface area (Å²) in [5.41, 5.74) is 2.19. The first-order valence-electron chi connectivity index (χ1n) is 6.32. The van der Waals surface area contributed by atoms with Crippen LogP contribution in [0.25, 0.3) is 4.96 Å². The second kappa shape index (κ2) is 4.11. The van der Waals surface area contributed by atoms with Gasteiger partial charge < -0.3 is 4.90 Å². The Balaban J connectivity index is 1.77. The number of benzene rings is 1. The minimum Gasteiger partial charge on any atom is -0.303 e. The summed E-state index contributed by atoms with van der Waals surface area (Å²) >= 11 is 1.26. The molecule has 20 heavy (non-hydrogen) atoms. The van der Waals surface area contributed by atoms with Gasteiger partial charge in [0.15, 0.2) is 0 Å². The smallest absolute Gasteiger partial charge is 0.289 e. The van der Waals surface area contributed by atoms with E-state index in [1.54, 1.807) is 0 Å². The predicted octanol–water partition coefficient (Wildman–Crippen LogP) is 1.78.